The molecule has 0 radical (unpaired) electrons. The van der Waals surface area contributed by atoms with Crippen molar-refractivity contribution in [3.63, 3.8) is 0 Å². The van der Waals surface area contributed by atoms with E-state index < -0.39 is 17.1 Å². The van der Waals surface area contributed by atoms with Crippen LogP contribution in [0.2, 0.25) is 0 Å². The van der Waals surface area contributed by atoms with E-state index in [1.165, 1.54) is 35.2 Å². The van der Waals surface area contributed by atoms with E-state index in [0.717, 1.165) is 10.5 Å². The summed E-state index contributed by atoms with van der Waals surface area (Å²) >= 11 is 2.60. The molecule has 47 heavy (non-hydrogen) atoms. The topological polar surface area (TPSA) is 109 Å². The average molecular weight is 667 g/mol. The van der Waals surface area contributed by atoms with E-state index in [2.05, 4.69) is 20.9 Å². The zero-order valence-corrected chi connectivity index (χ0v) is 27.2. The first-order valence-corrected chi connectivity index (χ1v) is 16.4. The molecule has 5 aromatic rings. The third kappa shape index (κ3) is 9.38. The molecule has 0 aliphatic rings. The summed E-state index contributed by atoms with van der Waals surface area (Å²) < 4.78 is 18.8. The van der Waals surface area contributed by atoms with Crippen LogP contribution in [0.15, 0.2) is 119 Å². The number of hydrogen-bond donors (Lipinski definition) is 3. The highest BCUT2D eigenvalue weighted by atomic mass is 32.2. The van der Waals surface area contributed by atoms with Gasteiger partial charge in [0, 0.05) is 27.1 Å². The van der Waals surface area contributed by atoms with Crippen LogP contribution in [0.3, 0.4) is 0 Å². The van der Waals surface area contributed by atoms with Gasteiger partial charge in [0.05, 0.1) is 17.6 Å². The average Bonchev–Trinajstić information content (AvgIpc) is 3.54. The molecule has 0 spiro atoms. The highest BCUT2D eigenvalue weighted by molar-refractivity contribution is 8.00. The Balaban J connectivity index is 1.25. The van der Waals surface area contributed by atoms with E-state index in [4.69, 9.17) is 4.74 Å². The number of aromatic nitrogens is 1. The number of rotatable bonds is 12. The highest BCUT2D eigenvalue weighted by Gasteiger charge is 2.18. The molecule has 11 heteroatoms. The number of thiazole rings is 1. The van der Waals surface area contributed by atoms with E-state index in [1.54, 1.807) is 103 Å². The first-order valence-electron chi connectivity index (χ1n) is 14.7. The minimum absolute atomic E-state index is 0.0530. The van der Waals surface area contributed by atoms with Gasteiger partial charge >= 0.3 is 0 Å². The van der Waals surface area contributed by atoms with Crippen LogP contribution >= 0.6 is 23.1 Å². The lowest BCUT2D eigenvalue weighted by atomic mass is 10.1. The molecule has 3 N–H and O–H groups in total. The number of ether oxygens (including phenoxy) is 1. The predicted octanol–water partition coefficient (Wildman–Crippen LogP) is 7.88. The van der Waals surface area contributed by atoms with Gasteiger partial charge in [-0.05, 0) is 92.2 Å². The number of benzene rings is 4. The minimum atomic E-state index is -0.517. The van der Waals surface area contributed by atoms with E-state index in [9.17, 15) is 18.8 Å². The van der Waals surface area contributed by atoms with Crippen LogP contribution in [0.4, 0.5) is 15.2 Å². The van der Waals surface area contributed by atoms with E-state index in [0.29, 0.717) is 40.0 Å². The number of nitrogens with zero attached hydrogens (tertiary/aromatic N) is 1. The van der Waals surface area contributed by atoms with Crippen LogP contribution in [-0.4, -0.2) is 34.6 Å². The smallest absolute Gasteiger partial charge is 0.272 e. The maximum Gasteiger partial charge on any atom is 0.272 e. The Morgan fingerprint density at radius 3 is 2.40 bits per heavy atom. The molecular weight excluding hydrogens is 636 g/mol. The van der Waals surface area contributed by atoms with Gasteiger partial charge in [-0.15, -0.1) is 23.1 Å². The number of halogens is 1. The van der Waals surface area contributed by atoms with Crippen LogP contribution in [0.25, 0.3) is 17.3 Å². The number of nitrogens with one attached hydrogen (secondary N) is 3. The summed E-state index contributed by atoms with van der Waals surface area (Å²) in [6.07, 6.45) is 1.59. The number of carbonyl (C=O) groups excluding carboxylic acids is 3. The second-order valence-corrected chi connectivity index (χ2v) is 12.4. The van der Waals surface area contributed by atoms with Gasteiger partial charge in [0.25, 0.3) is 11.8 Å². The molecule has 0 fully saturated rings. The Bertz CT molecular complexity index is 1880. The van der Waals surface area contributed by atoms with Crippen molar-refractivity contribution in [3.8, 4) is 17.0 Å². The van der Waals surface area contributed by atoms with Gasteiger partial charge in [0.2, 0.25) is 5.91 Å². The first kappa shape index (κ1) is 33.1. The molecule has 0 bridgehead atoms. The summed E-state index contributed by atoms with van der Waals surface area (Å²) in [4.78, 5) is 44.7. The van der Waals surface area contributed by atoms with Gasteiger partial charge in [-0.1, -0.05) is 36.4 Å². The van der Waals surface area contributed by atoms with Crippen LogP contribution in [0.5, 0.6) is 5.75 Å². The number of carbonyl (C=O) groups is 3. The van der Waals surface area contributed by atoms with Crippen LogP contribution in [0, 0.1) is 5.82 Å². The molecule has 238 valence electrons. The molecule has 0 saturated carbocycles. The Morgan fingerprint density at radius 1 is 0.936 bits per heavy atom. The quantitative estimate of drug-likeness (QED) is 0.0924. The van der Waals surface area contributed by atoms with Gasteiger partial charge in [-0.25, -0.2) is 9.37 Å². The molecule has 1 unspecified atom stereocenters. The summed E-state index contributed by atoms with van der Waals surface area (Å²) in [5.74, 6) is -0.817. The summed E-state index contributed by atoms with van der Waals surface area (Å²) in [6.45, 7) is 4.20. The number of amides is 3. The molecule has 1 atom stereocenters. The van der Waals surface area contributed by atoms with Crippen LogP contribution in [-0.2, 0) is 9.59 Å². The second kappa shape index (κ2) is 15.8. The highest BCUT2D eigenvalue weighted by Crippen LogP contribution is 2.29. The third-order valence-corrected chi connectivity index (χ3v) is 8.53. The molecule has 3 amide bonds. The van der Waals surface area contributed by atoms with Gasteiger partial charge in [-0.3, -0.25) is 14.4 Å². The summed E-state index contributed by atoms with van der Waals surface area (Å²) in [5, 5.41) is 10.2. The zero-order valence-electron chi connectivity index (χ0n) is 25.5. The first-order chi connectivity index (χ1) is 22.8. The summed E-state index contributed by atoms with van der Waals surface area (Å²) in [6, 6.07) is 28.9. The SMILES string of the molecule is CCOc1ccc(/C=C(/NC(=O)c2ccccc2)C(=O)Nc2cccc(SC(C)C(=O)Nc3nc(-c4ccc(F)cc4)cs3)c2)cc1. The molecule has 0 saturated heterocycles. The maximum absolute atomic E-state index is 13.5. The van der Waals surface area contributed by atoms with Crippen molar-refractivity contribution >= 4 is 57.7 Å². The normalized spacial score (nSPS) is 11.8. The molecular formula is C36H31FN4O4S2. The van der Waals surface area contributed by atoms with Crippen LogP contribution < -0.4 is 20.7 Å². The molecule has 0 aliphatic heterocycles. The largest absolute Gasteiger partial charge is 0.494 e. The molecule has 8 nitrogen and oxygen atoms in total. The van der Waals surface area contributed by atoms with E-state index >= 15 is 0 Å². The van der Waals surface area contributed by atoms with Gasteiger partial charge in [-0.2, -0.15) is 0 Å². The lowest BCUT2D eigenvalue weighted by molar-refractivity contribution is -0.115. The number of thioether (sulfide) groups is 1. The van der Waals surface area contributed by atoms with Crippen molar-refractivity contribution in [2.75, 3.05) is 17.2 Å². The fourth-order valence-corrected chi connectivity index (χ4v) is 5.98. The molecule has 1 heterocycles. The van der Waals surface area contributed by atoms with Crippen molar-refractivity contribution in [2.24, 2.45) is 0 Å². The van der Waals surface area contributed by atoms with E-state index in [-0.39, 0.29) is 17.4 Å². The Labute approximate surface area is 280 Å². The van der Waals surface area contributed by atoms with Gasteiger partial charge in [0.15, 0.2) is 5.13 Å². The second-order valence-electron chi connectivity index (χ2n) is 10.2. The van der Waals surface area contributed by atoms with Crippen LogP contribution in [0.1, 0.15) is 29.8 Å². The molecule has 0 aliphatic carbocycles. The standard InChI is InChI=1S/C36H31FN4O4S2/c1-3-45-29-18-12-24(13-19-29)20-31(39-34(43)26-8-5-4-6-9-26)35(44)38-28-10-7-11-30(21-28)47-23(2)33(42)41-36-40-32(22-46-36)25-14-16-27(37)17-15-25/h4-23H,3H2,1-2H3,(H,38,44)(H,39,43)(H,40,41,42)/b31-20+. The van der Waals surface area contributed by atoms with Crippen molar-refractivity contribution in [1.82, 2.24) is 10.3 Å². The molecule has 4 aromatic carbocycles. The monoisotopic (exact) mass is 666 g/mol. The lowest BCUT2D eigenvalue weighted by Gasteiger charge is -2.14. The van der Waals surface area contributed by atoms with Gasteiger partial charge < -0.3 is 20.7 Å². The molecule has 5 rings (SSSR count). The van der Waals surface area contributed by atoms with Crippen molar-refractivity contribution in [1.29, 1.82) is 0 Å². The maximum atomic E-state index is 13.5. The fraction of sp³-hybridized carbons (Fsp3) is 0.111. The molecule has 1 aromatic heterocycles. The Hall–Kier alpha value is -5.26. The Kier molecular flexibility index (Phi) is 11.2. The number of anilines is 2. The van der Waals surface area contributed by atoms with Crippen molar-refractivity contribution < 1.29 is 23.5 Å². The number of hydrogen-bond acceptors (Lipinski definition) is 7. The summed E-state index contributed by atoms with van der Waals surface area (Å²) in [7, 11) is 0. The predicted molar refractivity (Wildman–Crippen MR) is 186 cm³/mol. The zero-order chi connectivity index (χ0) is 33.2. The minimum Gasteiger partial charge on any atom is -0.494 e. The van der Waals surface area contributed by atoms with E-state index in [1.807, 2.05) is 13.0 Å². The third-order valence-electron chi connectivity index (χ3n) is 6.68. The van der Waals surface area contributed by atoms with Gasteiger partial charge in [0.1, 0.15) is 17.3 Å². The fourth-order valence-electron chi connectivity index (χ4n) is 4.33. The summed E-state index contributed by atoms with van der Waals surface area (Å²) in [5.41, 5.74) is 3.04. The Morgan fingerprint density at radius 2 is 1.68 bits per heavy atom. The lowest BCUT2D eigenvalue weighted by Crippen LogP contribution is -2.30. The van der Waals surface area contributed by atoms with Crippen molar-refractivity contribution in [2.45, 2.75) is 24.0 Å². The van der Waals surface area contributed by atoms with Crippen molar-refractivity contribution in [3.05, 3.63) is 131 Å².